The molecule has 0 aliphatic heterocycles. The predicted molar refractivity (Wildman–Crippen MR) is 197 cm³/mol. The van der Waals surface area contributed by atoms with Crippen molar-refractivity contribution in [2.24, 2.45) is 0 Å². The second kappa shape index (κ2) is 32.4. The lowest BCUT2D eigenvalue weighted by Gasteiger charge is -2.24. The average Bonchev–Trinajstić information content (AvgIpc) is 3.01. The first-order valence-corrected chi connectivity index (χ1v) is 20.9. The molecule has 0 aliphatic rings. The minimum Gasteiger partial charge on any atom is -0.457 e. The summed E-state index contributed by atoms with van der Waals surface area (Å²) in [4.78, 5) is 22.7. The number of phosphoric acid groups is 1. The molecular weight excluding hydrogens is 613 g/mol. The third-order valence-electron chi connectivity index (χ3n) is 8.33. The van der Waals surface area contributed by atoms with Gasteiger partial charge in [-0.2, -0.15) is 0 Å². The van der Waals surface area contributed by atoms with E-state index in [2.05, 4.69) is 26.0 Å². The van der Waals surface area contributed by atoms with Gasteiger partial charge in [0.15, 0.2) is 0 Å². The molecule has 0 aromatic rings. The molecule has 0 saturated heterocycles. The highest BCUT2D eigenvalue weighted by atomic mass is 31.2. The van der Waals surface area contributed by atoms with Gasteiger partial charge in [0, 0.05) is 13.0 Å². The molecule has 1 N–H and O–H groups in total. The molecule has 0 bridgehead atoms. The first-order chi connectivity index (χ1) is 22.6. The summed E-state index contributed by atoms with van der Waals surface area (Å²) in [5.74, 6) is -0.318. The molecule has 0 saturated carbocycles. The Labute approximate surface area is 290 Å². The van der Waals surface area contributed by atoms with Crippen LogP contribution in [0.15, 0.2) is 12.2 Å². The largest absolute Gasteiger partial charge is 0.472 e. The molecule has 9 heteroatoms. The first-order valence-electron chi connectivity index (χ1n) is 19.4. The van der Waals surface area contributed by atoms with Crippen LogP contribution in [0.25, 0.3) is 0 Å². The van der Waals surface area contributed by atoms with Gasteiger partial charge in [0.25, 0.3) is 0 Å². The number of phosphoric ester groups is 1. The molecule has 0 aromatic heterocycles. The Hall–Kier alpha value is -0.760. The summed E-state index contributed by atoms with van der Waals surface area (Å²) in [7, 11) is 1.67. The van der Waals surface area contributed by atoms with Crippen molar-refractivity contribution in [3.63, 3.8) is 0 Å². The van der Waals surface area contributed by atoms with E-state index >= 15 is 0 Å². The predicted octanol–water partition coefficient (Wildman–Crippen LogP) is 10.7. The van der Waals surface area contributed by atoms with Crippen molar-refractivity contribution in [2.75, 3.05) is 54.1 Å². The molecule has 8 nitrogen and oxygen atoms in total. The van der Waals surface area contributed by atoms with Crippen LogP contribution in [0.1, 0.15) is 168 Å². The Balaban J connectivity index is 4.10. The van der Waals surface area contributed by atoms with Crippen LogP contribution in [0, 0.1) is 0 Å². The fourth-order valence-electron chi connectivity index (χ4n) is 5.25. The van der Waals surface area contributed by atoms with Crippen molar-refractivity contribution in [1.82, 2.24) is 0 Å². The third kappa shape index (κ3) is 36.3. The molecule has 0 amide bonds. The van der Waals surface area contributed by atoms with Crippen molar-refractivity contribution < 1.29 is 37.3 Å². The van der Waals surface area contributed by atoms with E-state index in [1.54, 1.807) is 0 Å². The molecule has 0 radical (unpaired) electrons. The minimum absolute atomic E-state index is 0.0905. The summed E-state index contributed by atoms with van der Waals surface area (Å²) in [6.07, 6.45) is 32.5. The van der Waals surface area contributed by atoms with Gasteiger partial charge in [-0.1, -0.05) is 135 Å². The molecule has 0 aliphatic carbocycles. The van der Waals surface area contributed by atoms with E-state index in [1.807, 2.05) is 21.1 Å². The van der Waals surface area contributed by atoms with Gasteiger partial charge in [0.05, 0.1) is 34.4 Å². The SMILES string of the molecule is CCCCCCCC/C=C\CCCCCCCCCCCC(=O)OC(COCCCCCCCC)COP(=O)(O)OCC[N+](C)(C)C. The van der Waals surface area contributed by atoms with Crippen LogP contribution in [0.5, 0.6) is 0 Å². The third-order valence-corrected chi connectivity index (χ3v) is 9.31. The Kier molecular flexibility index (Phi) is 31.9. The number of hydrogen-bond acceptors (Lipinski definition) is 6. The quantitative estimate of drug-likeness (QED) is 0.0230. The number of ether oxygens (including phenoxy) is 2. The van der Waals surface area contributed by atoms with E-state index in [0.717, 1.165) is 32.1 Å². The van der Waals surface area contributed by atoms with Crippen LogP contribution >= 0.6 is 7.82 Å². The zero-order valence-electron chi connectivity index (χ0n) is 31.5. The highest BCUT2D eigenvalue weighted by Crippen LogP contribution is 2.43. The van der Waals surface area contributed by atoms with E-state index in [4.69, 9.17) is 18.5 Å². The van der Waals surface area contributed by atoms with Gasteiger partial charge in [0.1, 0.15) is 19.3 Å². The van der Waals surface area contributed by atoms with E-state index in [-0.39, 0.29) is 25.8 Å². The molecule has 0 heterocycles. The number of quaternary nitrogens is 1. The van der Waals surface area contributed by atoms with Gasteiger partial charge in [0.2, 0.25) is 0 Å². The van der Waals surface area contributed by atoms with Crippen LogP contribution in [0.4, 0.5) is 0 Å². The maximum Gasteiger partial charge on any atom is 0.472 e. The van der Waals surface area contributed by atoms with Gasteiger partial charge in [-0.25, -0.2) is 4.57 Å². The molecule has 280 valence electrons. The van der Waals surface area contributed by atoms with E-state index in [9.17, 15) is 14.3 Å². The number of nitrogens with zero attached hydrogens (tertiary/aromatic N) is 1. The Morgan fingerprint density at radius 2 is 1.11 bits per heavy atom. The molecule has 0 aromatic carbocycles. The number of likely N-dealkylation sites (N-methyl/N-ethyl adjacent to an activating group) is 1. The molecule has 2 atom stereocenters. The van der Waals surface area contributed by atoms with Gasteiger partial charge >= 0.3 is 13.8 Å². The summed E-state index contributed by atoms with van der Waals surface area (Å²) >= 11 is 0. The van der Waals surface area contributed by atoms with Crippen molar-refractivity contribution in [3.05, 3.63) is 12.2 Å². The standard InChI is InChI=1S/C38H76NO7P/c1-6-8-10-12-14-15-16-17-18-19-20-21-22-23-24-25-26-27-29-31-38(40)46-37(35-43-33-30-28-13-11-9-7-2)36-45-47(41,42)44-34-32-39(3,4)5/h17-18,37H,6-16,19-36H2,1-5H3/p+1/b18-17-. The summed E-state index contributed by atoms with van der Waals surface area (Å²) in [5, 5.41) is 0. The Morgan fingerprint density at radius 3 is 1.62 bits per heavy atom. The molecule has 0 spiro atoms. The molecule has 0 fully saturated rings. The second-order valence-corrected chi connectivity index (χ2v) is 15.8. The van der Waals surface area contributed by atoms with Gasteiger partial charge in [-0.05, 0) is 38.5 Å². The minimum atomic E-state index is -4.25. The number of rotatable bonds is 36. The number of carbonyl (C=O) groups is 1. The number of esters is 1. The van der Waals surface area contributed by atoms with Crippen LogP contribution < -0.4 is 0 Å². The lowest BCUT2D eigenvalue weighted by atomic mass is 10.1. The summed E-state index contributed by atoms with van der Waals surface area (Å²) in [6.45, 7) is 5.58. The smallest absolute Gasteiger partial charge is 0.457 e. The van der Waals surface area contributed by atoms with Crippen molar-refractivity contribution >= 4 is 13.8 Å². The van der Waals surface area contributed by atoms with Gasteiger partial charge in [-0.15, -0.1) is 0 Å². The lowest BCUT2D eigenvalue weighted by Crippen LogP contribution is -2.37. The van der Waals surface area contributed by atoms with E-state index in [1.165, 1.54) is 116 Å². The van der Waals surface area contributed by atoms with Crippen LogP contribution in [-0.2, 0) is 27.9 Å². The zero-order valence-corrected chi connectivity index (χ0v) is 32.4. The van der Waals surface area contributed by atoms with Crippen molar-refractivity contribution in [2.45, 2.75) is 174 Å². The number of hydrogen-bond donors (Lipinski definition) is 1. The van der Waals surface area contributed by atoms with Crippen molar-refractivity contribution in [3.8, 4) is 0 Å². The van der Waals surface area contributed by atoms with Crippen molar-refractivity contribution in [1.29, 1.82) is 0 Å². The molecule has 2 unspecified atom stereocenters. The lowest BCUT2D eigenvalue weighted by molar-refractivity contribution is -0.870. The highest BCUT2D eigenvalue weighted by molar-refractivity contribution is 7.47. The van der Waals surface area contributed by atoms with Crippen LogP contribution in [-0.4, -0.2) is 75.6 Å². The molecule has 0 rings (SSSR count). The van der Waals surface area contributed by atoms with Gasteiger partial charge in [-0.3, -0.25) is 13.8 Å². The highest BCUT2D eigenvalue weighted by Gasteiger charge is 2.26. The maximum absolute atomic E-state index is 12.6. The Bertz CT molecular complexity index is 772. The zero-order chi connectivity index (χ0) is 34.9. The van der Waals surface area contributed by atoms with E-state index in [0.29, 0.717) is 24.1 Å². The fourth-order valence-corrected chi connectivity index (χ4v) is 5.99. The normalized spacial score (nSPS) is 14.1. The van der Waals surface area contributed by atoms with E-state index < -0.39 is 13.9 Å². The fraction of sp³-hybridized carbons (Fsp3) is 0.921. The summed E-state index contributed by atoms with van der Waals surface area (Å²) in [6, 6.07) is 0. The molecular formula is C38H77NO7P+. The topological polar surface area (TPSA) is 91.3 Å². The molecule has 47 heavy (non-hydrogen) atoms. The summed E-state index contributed by atoms with van der Waals surface area (Å²) in [5.41, 5.74) is 0. The Morgan fingerprint density at radius 1 is 0.638 bits per heavy atom. The monoisotopic (exact) mass is 691 g/mol. The number of carbonyl (C=O) groups excluding carboxylic acids is 1. The van der Waals surface area contributed by atoms with Crippen LogP contribution in [0.2, 0.25) is 0 Å². The first kappa shape index (κ1) is 46.2. The maximum atomic E-state index is 12.6. The van der Waals surface area contributed by atoms with Crippen LogP contribution in [0.3, 0.4) is 0 Å². The average molecular weight is 691 g/mol. The summed E-state index contributed by atoms with van der Waals surface area (Å²) < 4.78 is 34.7. The second-order valence-electron chi connectivity index (χ2n) is 14.3. The number of allylic oxidation sites excluding steroid dienone is 2. The number of unbranched alkanes of at least 4 members (excludes halogenated alkanes) is 20. The van der Waals surface area contributed by atoms with Gasteiger partial charge < -0.3 is 18.9 Å².